The molecule has 0 aromatic heterocycles. The number of carboxylic acids is 1. The van der Waals surface area contributed by atoms with E-state index in [9.17, 15) is 14.7 Å². The van der Waals surface area contributed by atoms with Crippen LogP contribution in [0, 0.1) is 0 Å². The second-order valence-electron chi connectivity index (χ2n) is 4.03. The maximum absolute atomic E-state index is 12.2. The summed E-state index contributed by atoms with van der Waals surface area (Å²) in [5.41, 5.74) is 0.335. The highest BCUT2D eigenvalue weighted by atomic mass is 16.4. The minimum Gasteiger partial charge on any atom is -0.478 e. The first-order valence-corrected chi connectivity index (χ1v) is 5.71. The molecule has 2 N–H and O–H groups in total. The molecule has 4 heteroatoms. The Labute approximate surface area is 109 Å². The van der Waals surface area contributed by atoms with Gasteiger partial charge < -0.3 is 10.2 Å². The van der Waals surface area contributed by atoms with E-state index in [1.165, 1.54) is 18.2 Å². The molecule has 0 bridgehead atoms. The lowest BCUT2D eigenvalue weighted by molar-refractivity contribution is 0.0676. The van der Waals surface area contributed by atoms with E-state index in [-0.39, 0.29) is 11.1 Å². The second-order valence-corrected chi connectivity index (χ2v) is 4.03. The van der Waals surface area contributed by atoms with Crippen molar-refractivity contribution in [2.24, 2.45) is 0 Å². The zero-order chi connectivity index (χ0) is 13.8. The molecular weight excluding hydrogens is 244 g/mol. The monoisotopic (exact) mass is 256 g/mol. The van der Waals surface area contributed by atoms with Crippen LogP contribution in [0.1, 0.15) is 32.4 Å². The molecule has 2 aromatic carbocycles. The predicted molar refractivity (Wildman–Crippen MR) is 69.1 cm³/mol. The molecule has 1 unspecified atom stereocenters. The molecule has 0 saturated heterocycles. The lowest BCUT2D eigenvalue weighted by Gasteiger charge is -2.11. The van der Waals surface area contributed by atoms with Crippen LogP contribution in [0.25, 0.3) is 0 Å². The van der Waals surface area contributed by atoms with E-state index in [1.54, 1.807) is 36.4 Å². The normalized spacial score (nSPS) is 11.8. The van der Waals surface area contributed by atoms with Crippen molar-refractivity contribution in [3.8, 4) is 0 Å². The number of Topliss-reactive ketones (excluding diaryl/α,β-unsaturated/α-hetero) is 1. The summed E-state index contributed by atoms with van der Waals surface area (Å²) in [6.45, 7) is 0. The first kappa shape index (κ1) is 13.0. The average molecular weight is 256 g/mol. The molecule has 19 heavy (non-hydrogen) atoms. The van der Waals surface area contributed by atoms with E-state index in [2.05, 4.69) is 0 Å². The lowest BCUT2D eigenvalue weighted by atomic mass is 9.96. The van der Waals surface area contributed by atoms with Crippen LogP contribution in [0.5, 0.6) is 0 Å². The first-order chi connectivity index (χ1) is 9.11. The number of aromatic carboxylic acids is 1. The molecule has 0 aliphatic rings. The Morgan fingerprint density at radius 1 is 0.842 bits per heavy atom. The Hall–Kier alpha value is -2.46. The highest BCUT2D eigenvalue weighted by Crippen LogP contribution is 2.20. The largest absolute Gasteiger partial charge is 0.478 e. The molecule has 2 rings (SSSR count). The Morgan fingerprint density at radius 3 is 1.95 bits per heavy atom. The van der Waals surface area contributed by atoms with Gasteiger partial charge in [-0.15, -0.1) is 0 Å². The summed E-state index contributed by atoms with van der Waals surface area (Å²) in [7, 11) is 0. The Morgan fingerprint density at radius 2 is 1.37 bits per heavy atom. The van der Waals surface area contributed by atoms with Gasteiger partial charge in [-0.1, -0.05) is 48.5 Å². The number of rotatable bonds is 4. The van der Waals surface area contributed by atoms with Crippen molar-refractivity contribution in [2.75, 3.05) is 0 Å². The summed E-state index contributed by atoms with van der Waals surface area (Å²) in [6, 6.07) is 14.3. The van der Waals surface area contributed by atoms with Gasteiger partial charge in [-0.3, -0.25) is 4.79 Å². The van der Waals surface area contributed by atoms with Crippen LogP contribution in [0.3, 0.4) is 0 Å². The second kappa shape index (κ2) is 5.46. The highest BCUT2D eigenvalue weighted by molar-refractivity contribution is 6.07. The fraction of sp³-hybridized carbons (Fsp3) is 0.0667. The van der Waals surface area contributed by atoms with Crippen molar-refractivity contribution < 1.29 is 19.8 Å². The average Bonchev–Trinajstić information content (AvgIpc) is 2.46. The number of carbonyl (C=O) groups excluding carboxylic acids is 1. The zero-order valence-corrected chi connectivity index (χ0v) is 9.98. The summed E-state index contributed by atoms with van der Waals surface area (Å²) < 4.78 is 0. The van der Waals surface area contributed by atoms with Gasteiger partial charge >= 0.3 is 5.97 Å². The number of hydrogen-bond donors (Lipinski definition) is 2. The van der Waals surface area contributed by atoms with E-state index >= 15 is 0 Å². The molecule has 0 saturated carbocycles. The summed E-state index contributed by atoms with van der Waals surface area (Å²) >= 11 is 0. The lowest BCUT2D eigenvalue weighted by Crippen LogP contribution is -2.16. The van der Waals surface area contributed by atoms with Crippen molar-refractivity contribution in [2.45, 2.75) is 6.10 Å². The third-order valence-corrected chi connectivity index (χ3v) is 2.79. The quantitative estimate of drug-likeness (QED) is 0.823. The number of benzene rings is 2. The summed E-state index contributed by atoms with van der Waals surface area (Å²) in [6.07, 6.45) is -1.36. The minimum atomic E-state index is -1.36. The van der Waals surface area contributed by atoms with Crippen LogP contribution >= 0.6 is 0 Å². The smallest absolute Gasteiger partial charge is 0.336 e. The molecule has 0 amide bonds. The van der Waals surface area contributed by atoms with E-state index in [1.807, 2.05) is 0 Å². The number of carbonyl (C=O) groups is 2. The molecule has 2 aromatic rings. The molecule has 0 radical (unpaired) electrons. The summed E-state index contributed by atoms with van der Waals surface area (Å²) in [5, 5.41) is 19.0. The van der Waals surface area contributed by atoms with Gasteiger partial charge in [0, 0.05) is 5.56 Å². The van der Waals surface area contributed by atoms with Crippen LogP contribution in [0.15, 0.2) is 54.6 Å². The first-order valence-electron chi connectivity index (χ1n) is 5.71. The maximum Gasteiger partial charge on any atom is 0.336 e. The van der Waals surface area contributed by atoms with Crippen LogP contribution < -0.4 is 0 Å². The molecule has 0 spiro atoms. The van der Waals surface area contributed by atoms with E-state index in [4.69, 9.17) is 5.11 Å². The predicted octanol–water partition coefficient (Wildman–Crippen LogP) is 2.30. The molecule has 1 atom stereocenters. The molecular formula is C15H12O4. The molecule has 0 fully saturated rings. The van der Waals surface area contributed by atoms with Gasteiger partial charge in [0.2, 0.25) is 0 Å². The topological polar surface area (TPSA) is 74.6 Å². The third-order valence-electron chi connectivity index (χ3n) is 2.79. The number of ketones is 1. The number of hydrogen-bond acceptors (Lipinski definition) is 3. The van der Waals surface area contributed by atoms with Gasteiger partial charge in [0.05, 0.1) is 5.56 Å². The van der Waals surface area contributed by atoms with Gasteiger partial charge in [0.25, 0.3) is 0 Å². The van der Waals surface area contributed by atoms with E-state index in [0.29, 0.717) is 5.56 Å². The van der Waals surface area contributed by atoms with Crippen molar-refractivity contribution in [3.63, 3.8) is 0 Å². The van der Waals surface area contributed by atoms with E-state index < -0.39 is 17.9 Å². The Kier molecular flexibility index (Phi) is 3.73. The standard InChI is InChI=1S/C15H12O4/c16-13(10-6-2-1-3-7-10)14(17)11-8-4-5-9-12(11)15(18)19/h1-9,13,16H,(H,18,19). The van der Waals surface area contributed by atoms with Crippen molar-refractivity contribution in [1.82, 2.24) is 0 Å². The zero-order valence-electron chi connectivity index (χ0n) is 9.98. The van der Waals surface area contributed by atoms with Crippen molar-refractivity contribution in [1.29, 1.82) is 0 Å². The minimum absolute atomic E-state index is 0.00588. The van der Waals surface area contributed by atoms with Gasteiger partial charge in [-0.25, -0.2) is 4.79 Å². The fourth-order valence-electron chi connectivity index (χ4n) is 1.82. The number of aliphatic hydroxyl groups excluding tert-OH is 1. The highest BCUT2D eigenvalue weighted by Gasteiger charge is 2.23. The molecule has 4 nitrogen and oxygen atoms in total. The molecule has 0 aliphatic heterocycles. The van der Waals surface area contributed by atoms with E-state index in [0.717, 1.165) is 0 Å². The van der Waals surface area contributed by atoms with Gasteiger partial charge in [-0.05, 0) is 11.6 Å². The number of aliphatic hydroxyl groups is 1. The maximum atomic E-state index is 12.2. The molecule has 96 valence electrons. The molecule has 0 heterocycles. The van der Waals surface area contributed by atoms with Crippen LogP contribution in [-0.4, -0.2) is 22.0 Å². The SMILES string of the molecule is O=C(O)c1ccccc1C(=O)C(O)c1ccccc1. The summed E-state index contributed by atoms with van der Waals surface area (Å²) in [4.78, 5) is 23.2. The van der Waals surface area contributed by atoms with Gasteiger partial charge in [0.1, 0.15) is 6.10 Å². The van der Waals surface area contributed by atoms with Crippen LogP contribution in [0.2, 0.25) is 0 Å². The third kappa shape index (κ3) is 2.69. The van der Waals surface area contributed by atoms with Gasteiger partial charge in [-0.2, -0.15) is 0 Å². The Balaban J connectivity index is 2.38. The van der Waals surface area contributed by atoms with Crippen molar-refractivity contribution >= 4 is 11.8 Å². The van der Waals surface area contributed by atoms with Crippen LogP contribution in [-0.2, 0) is 0 Å². The Bertz CT molecular complexity index is 605. The van der Waals surface area contributed by atoms with Crippen molar-refractivity contribution in [3.05, 3.63) is 71.3 Å². The number of carboxylic acid groups (broad SMARTS) is 1. The summed E-state index contributed by atoms with van der Waals surface area (Å²) in [5.74, 6) is -1.81. The fourth-order valence-corrected chi connectivity index (χ4v) is 1.82. The van der Waals surface area contributed by atoms with Crippen LogP contribution in [0.4, 0.5) is 0 Å². The van der Waals surface area contributed by atoms with Gasteiger partial charge in [0.15, 0.2) is 5.78 Å². The molecule has 0 aliphatic carbocycles.